The number of halogens is 1. The van der Waals surface area contributed by atoms with Gasteiger partial charge in [-0.2, -0.15) is 0 Å². The third-order valence-corrected chi connectivity index (χ3v) is 5.90. The number of aryl methyl sites for hydroxylation is 1. The van der Waals surface area contributed by atoms with E-state index in [1.807, 2.05) is 24.4 Å². The smallest absolute Gasteiger partial charge is 0.489 e. The van der Waals surface area contributed by atoms with E-state index >= 15 is 0 Å². The van der Waals surface area contributed by atoms with Gasteiger partial charge in [-0.25, -0.2) is 14.2 Å². The monoisotopic (exact) mass is 482 g/mol. The zero-order valence-electron chi connectivity index (χ0n) is 18.7. The third kappa shape index (κ3) is 5.55. The van der Waals surface area contributed by atoms with Crippen molar-refractivity contribution in [3.05, 3.63) is 76.5 Å². The van der Waals surface area contributed by atoms with E-state index in [0.29, 0.717) is 34.0 Å². The fourth-order valence-electron chi connectivity index (χ4n) is 3.31. The van der Waals surface area contributed by atoms with Crippen LogP contribution in [0.15, 0.2) is 54.0 Å². The molecule has 0 unspecified atom stereocenters. The van der Waals surface area contributed by atoms with Crippen molar-refractivity contribution in [3.63, 3.8) is 0 Å². The standard InChI is InChI=1S/C25H23FN2O5S/c1-3-30-25(29)33-21-11-28-24(27)22-17(14-34-23(21)22)13-32-20-9-15(2)8-19(10-20)31-12-16-4-6-18(26)7-5-16/h4-11,14H,3,12-13H2,1-2H3,(H2,27,28). The Hall–Kier alpha value is -3.85. The molecule has 176 valence electrons. The van der Waals surface area contributed by atoms with Gasteiger partial charge in [0, 0.05) is 17.0 Å². The lowest BCUT2D eigenvalue weighted by Gasteiger charge is -2.12. The molecule has 2 heterocycles. The molecule has 0 atom stereocenters. The minimum Gasteiger partial charge on any atom is -0.489 e. The molecule has 0 radical (unpaired) electrons. The molecule has 2 aromatic heterocycles. The Morgan fingerprint density at radius 2 is 1.79 bits per heavy atom. The molecule has 7 nitrogen and oxygen atoms in total. The lowest BCUT2D eigenvalue weighted by molar-refractivity contribution is 0.105. The maximum Gasteiger partial charge on any atom is 0.513 e. The zero-order valence-corrected chi connectivity index (χ0v) is 19.5. The van der Waals surface area contributed by atoms with Crippen LogP contribution < -0.4 is 19.9 Å². The Morgan fingerprint density at radius 3 is 2.50 bits per heavy atom. The van der Waals surface area contributed by atoms with Gasteiger partial charge in [-0.05, 0) is 54.6 Å². The number of thiophene rings is 1. The molecule has 0 aliphatic carbocycles. The van der Waals surface area contributed by atoms with Crippen LogP contribution >= 0.6 is 11.3 Å². The molecule has 0 spiro atoms. The summed E-state index contributed by atoms with van der Waals surface area (Å²) in [7, 11) is 0. The summed E-state index contributed by atoms with van der Waals surface area (Å²) in [6.07, 6.45) is 0.607. The van der Waals surface area contributed by atoms with Crippen LogP contribution in [0.4, 0.5) is 15.0 Å². The lowest BCUT2D eigenvalue weighted by atomic mass is 10.2. The molecule has 9 heteroatoms. The highest BCUT2D eigenvalue weighted by Crippen LogP contribution is 2.37. The molecular weight excluding hydrogens is 459 g/mol. The summed E-state index contributed by atoms with van der Waals surface area (Å²) < 4.78 is 35.8. The van der Waals surface area contributed by atoms with Crippen molar-refractivity contribution in [3.8, 4) is 17.2 Å². The van der Waals surface area contributed by atoms with Crippen molar-refractivity contribution < 1.29 is 28.1 Å². The fourth-order valence-corrected chi connectivity index (χ4v) is 4.32. The number of hydrogen-bond acceptors (Lipinski definition) is 8. The first-order valence-corrected chi connectivity index (χ1v) is 11.4. The quantitative estimate of drug-likeness (QED) is 0.307. The number of pyridine rings is 1. The number of rotatable bonds is 8. The van der Waals surface area contributed by atoms with E-state index in [0.717, 1.165) is 16.7 Å². The Bertz CT molecular complexity index is 1310. The van der Waals surface area contributed by atoms with E-state index in [1.54, 1.807) is 25.1 Å². The topological polar surface area (TPSA) is 92.9 Å². The Labute approximate surface area is 199 Å². The van der Waals surface area contributed by atoms with Crippen LogP contribution in [0.25, 0.3) is 10.1 Å². The minimum atomic E-state index is -0.797. The minimum absolute atomic E-state index is 0.208. The molecule has 34 heavy (non-hydrogen) atoms. The molecule has 0 aliphatic rings. The van der Waals surface area contributed by atoms with Gasteiger partial charge >= 0.3 is 6.16 Å². The average Bonchev–Trinajstić information content (AvgIpc) is 3.24. The molecule has 2 aromatic carbocycles. The third-order valence-electron chi connectivity index (χ3n) is 4.86. The number of benzene rings is 2. The number of ether oxygens (including phenoxy) is 4. The van der Waals surface area contributed by atoms with Gasteiger partial charge < -0.3 is 24.7 Å². The zero-order chi connectivity index (χ0) is 24.1. The highest BCUT2D eigenvalue weighted by atomic mass is 32.1. The van der Waals surface area contributed by atoms with Gasteiger partial charge in [-0.3, -0.25) is 0 Å². The highest BCUT2D eigenvalue weighted by molar-refractivity contribution is 7.17. The number of carbonyl (C=O) groups excluding carboxylic acids is 1. The number of aromatic nitrogens is 1. The number of nitrogen functional groups attached to an aromatic ring is 1. The van der Waals surface area contributed by atoms with Gasteiger partial charge in [0.05, 0.1) is 17.5 Å². The Morgan fingerprint density at radius 1 is 1.09 bits per heavy atom. The molecule has 0 bridgehead atoms. The van der Waals surface area contributed by atoms with Gasteiger partial charge in [0.15, 0.2) is 5.75 Å². The van der Waals surface area contributed by atoms with Gasteiger partial charge in [0.2, 0.25) is 0 Å². The largest absolute Gasteiger partial charge is 0.513 e. The van der Waals surface area contributed by atoms with E-state index in [1.165, 1.54) is 29.7 Å². The number of nitrogens with two attached hydrogens (primary N) is 1. The molecule has 4 aromatic rings. The molecule has 0 amide bonds. The summed E-state index contributed by atoms with van der Waals surface area (Å²) >= 11 is 1.38. The number of hydrogen-bond donors (Lipinski definition) is 1. The predicted molar refractivity (Wildman–Crippen MR) is 128 cm³/mol. The summed E-state index contributed by atoms with van der Waals surface area (Å²) in [5, 5.41) is 2.56. The van der Waals surface area contributed by atoms with Crippen molar-refractivity contribution in [2.24, 2.45) is 0 Å². The van der Waals surface area contributed by atoms with E-state index in [4.69, 9.17) is 24.7 Å². The average molecular weight is 483 g/mol. The summed E-state index contributed by atoms with van der Waals surface area (Å²) in [5.41, 5.74) is 8.75. The Kier molecular flexibility index (Phi) is 7.12. The predicted octanol–water partition coefficient (Wildman–Crippen LogP) is 6.02. The van der Waals surface area contributed by atoms with Crippen LogP contribution in [-0.2, 0) is 18.0 Å². The van der Waals surface area contributed by atoms with Crippen molar-refractivity contribution in [1.29, 1.82) is 0 Å². The number of nitrogens with zero attached hydrogens (tertiary/aromatic N) is 1. The summed E-state index contributed by atoms with van der Waals surface area (Å²) in [5.74, 6) is 1.58. The van der Waals surface area contributed by atoms with Crippen LogP contribution in [0.5, 0.6) is 17.2 Å². The van der Waals surface area contributed by atoms with Crippen molar-refractivity contribution in [1.82, 2.24) is 4.98 Å². The van der Waals surface area contributed by atoms with Gasteiger partial charge in [0.1, 0.15) is 36.3 Å². The van der Waals surface area contributed by atoms with Crippen LogP contribution in [0.1, 0.15) is 23.6 Å². The van der Waals surface area contributed by atoms with E-state index in [-0.39, 0.29) is 24.8 Å². The molecule has 4 rings (SSSR count). The second-order valence-corrected chi connectivity index (χ2v) is 8.32. The molecular formula is C25H23FN2O5S. The summed E-state index contributed by atoms with van der Waals surface area (Å²) in [6, 6.07) is 11.8. The van der Waals surface area contributed by atoms with Gasteiger partial charge in [-0.1, -0.05) is 12.1 Å². The lowest BCUT2D eigenvalue weighted by Crippen LogP contribution is -2.10. The molecule has 0 saturated heterocycles. The second-order valence-electron chi connectivity index (χ2n) is 7.44. The first-order chi connectivity index (χ1) is 16.4. The SMILES string of the molecule is CCOC(=O)Oc1cnc(N)c2c(COc3cc(C)cc(OCc4ccc(F)cc4)c3)csc12. The molecule has 0 saturated carbocycles. The fraction of sp³-hybridized carbons (Fsp3) is 0.200. The van der Waals surface area contributed by atoms with E-state index < -0.39 is 6.16 Å². The maximum atomic E-state index is 13.1. The Balaban J connectivity index is 1.48. The highest BCUT2D eigenvalue weighted by Gasteiger charge is 2.17. The first kappa shape index (κ1) is 23.3. The number of anilines is 1. The van der Waals surface area contributed by atoms with Crippen LogP contribution in [0.3, 0.4) is 0 Å². The van der Waals surface area contributed by atoms with Crippen molar-refractivity contribution >= 4 is 33.4 Å². The molecule has 2 N–H and O–H groups in total. The van der Waals surface area contributed by atoms with Crippen LogP contribution in [0.2, 0.25) is 0 Å². The summed E-state index contributed by atoms with van der Waals surface area (Å²) in [4.78, 5) is 15.9. The van der Waals surface area contributed by atoms with Crippen molar-refractivity contribution in [2.45, 2.75) is 27.1 Å². The van der Waals surface area contributed by atoms with Crippen LogP contribution in [0, 0.1) is 12.7 Å². The number of carbonyl (C=O) groups is 1. The van der Waals surface area contributed by atoms with Gasteiger partial charge in [0.25, 0.3) is 0 Å². The van der Waals surface area contributed by atoms with Crippen LogP contribution in [-0.4, -0.2) is 17.7 Å². The maximum absolute atomic E-state index is 13.1. The van der Waals surface area contributed by atoms with E-state index in [9.17, 15) is 9.18 Å². The van der Waals surface area contributed by atoms with Crippen molar-refractivity contribution in [2.75, 3.05) is 12.3 Å². The summed E-state index contributed by atoms with van der Waals surface area (Å²) in [6.45, 7) is 4.39. The van der Waals surface area contributed by atoms with Gasteiger partial charge in [-0.15, -0.1) is 11.3 Å². The second kappa shape index (κ2) is 10.4. The normalized spacial score (nSPS) is 10.8. The molecule has 0 aliphatic heterocycles. The number of fused-ring (bicyclic) bond motifs is 1. The molecule has 0 fully saturated rings. The first-order valence-electron chi connectivity index (χ1n) is 10.5. The van der Waals surface area contributed by atoms with E-state index in [2.05, 4.69) is 4.98 Å².